The lowest BCUT2D eigenvalue weighted by atomic mass is 10.2. The lowest BCUT2D eigenvalue weighted by Crippen LogP contribution is -2.34. The Morgan fingerprint density at radius 2 is 2.11 bits per heavy atom. The third-order valence-electron chi connectivity index (χ3n) is 3.34. The molecule has 1 aromatic rings. The van der Waals surface area contributed by atoms with E-state index >= 15 is 0 Å². The van der Waals surface area contributed by atoms with Crippen LogP contribution < -0.4 is 10.0 Å². The minimum atomic E-state index is -3.44. The number of hydrogen-bond donors (Lipinski definition) is 2. The summed E-state index contributed by atoms with van der Waals surface area (Å²) in [5.41, 5.74) is 1.04. The van der Waals surface area contributed by atoms with Gasteiger partial charge in [0, 0.05) is 17.1 Å². The Hall–Kier alpha value is -0.430. The highest BCUT2D eigenvalue weighted by atomic mass is 79.9. The third-order valence-corrected chi connectivity index (χ3v) is 5.87. The van der Waals surface area contributed by atoms with Crippen molar-refractivity contribution in [3.05, 3.63) is 28.2 Å². The van der Waals surface area contributed by atoms with E-state index in [0.717, 1.165) is 18.4 Å². The van der Waals surface area contributed by atoms with Gasteiger partial charge in [0.15, 0.2) is 0 Å². The van der Waals surface area contributed by atoms with Crippen molar-refractivity contribution in [1.29, 1.82) is 0 Å². The first-order valence-electron chi connectivity index (χ1n) is 6.39. The molecule has 19 heavy (non-hydrogen) atoms. The van der Waals surface area contributed by atoms with Gasteiger partial charge in [0.2, 0.25) is 10.0 Å². The molecule has 1 aliphatic rings. The normalized spacial score (nSPS) is 17.4. The molecule has 1 aliphatic carbocycles. The molecular formula is C13H19BrN2O2S. The van der Waals surface area contributed by atoms with Gasteiger partial charge in [0.05, 0.1) is 4.90 Å². The molecule has 0 spiro atoms. The molecule has 1 atom stereocenters. The predicted molar refractivity (Wildman–Crippen MR) is 79.4 cm³/mol. The molecule has 1 saturated carbocycles. The Balaban J connectivity index is 2.19. The fraction of sp³-hybridized carbons (Fsp3) is 0.538. The molecule has 0 bridgehead atoms. The summed E-state index contributed by atoms with van der Waals surface area (Å²) < 4.78 is 28.0. The quantitative estimate of drug-likeness (QED) is 0.830. The van der Waals surface area contributed by atoms with Crippen LogP contribution in [0.15, 0.2) is 27.6 Å². The van der Waals surface area contributed by atoms with E-state index in [1.54, 1.807) is 6.07 Å². The molecule has 0 radical (unpaired) electrons. The van der Waals surface area contributed by atoms with Crippen LogP contribution in [0.1, 0.15) is 25.3 Å². The largest absolute Gasteiger partial charge is 0.316 e. The van der Waals surface area contributed by atoms with Gasteiger partial charge < -0.3 is 5.32 Å². The lowest BCUT2D eigenvalue weighted by Gasteiger charge is -2.14. The van der Waals surface area contributed by atoms with Gasteiger partial charge in [-0.3, -0.25) is 0 Å². The molecule has 2 rings (SSSR count). The van der Waals surface area contributed by atoms with E-state index in [-0.39, 0.29) is 6.04 Å². The second-order valence-electron chi connectivity index (χ2n) is 5.04. The molecule has 1 unspecified atom stereocenters. The van der Waals surface area contributed by atoms with Gasteiger partial charge in [-0.05, 0) is 66.4 Å². The van der Waals surface area contributed by atoms with E-state index in [1.165, 1.54) is 0 Å². The van der Waals surface area contributed by atoms with Gasteiger partial charge >= 0.3 is 0 Å². The summed E-state index contributed by atoms with van der Waals surface area (Å²) >= 11 is 3.35. The maximum atomic E-state index is 12.3. The van der Waals surface area contributed by atoms with E-state index in [2.05, 4.69) is 26.0 Å². The number of sulfonamides is 1. The average Bonchev–Trinajstić information content (AvgIpc) is 3.12. The molecule has 106 valence electrons. The Bertz CT molecular complexity index is 556. The summed E-state index contributed by atoms with van der Waals surface area (Å²) in [6.45, 7) is 2.64. The number of rotatable bonds is 6. The van der Waals surface area contributed by atoms with Gasteiger partial charge in [-0.15, -0.1) is 0 Å². The summed E-state index contributed by atoms with van der Waals surface area (Å²) in [5.74, 6) is 0.497. The molecule has 0 amide bonds. The maximum absolute atomic E-state index is 12.3. The first kappa shape index (κ1) is 15.0. The van der Waals surface area contributed by atoms with E-state index in [9.17, 15) is 8.42 Å². The molecule has 1 fully saturated rings. The summed E-state index contributed by atoms with van der Waals surface area (Å²) in [4.78, 5) is 0.305. The molecule has 0 heterocycles. The van der Waals surface area contributed by atoms with Gasteiger partial charge in [-0.25, -0.2) is 13.1 Å². The molecule has 6 heteroatoms. The van der Waals surface area contributed by atoms with Crippen LogP contribution in [0.3, 0.4) is 0 Å². The molecule has 1 aromatic carbocycles. The molecule has 0 saturated heterocycles. The van der Waals surface area contributed by atoms with E-state index in [0.29, 0.717) is 21.8 Å². The van der Waals surface area contributed by atoms with E-state index in [1.807, 2.05) is 26.1 Å². The average molecular weight is 347 g/mol. The van der Waals surface area contributed by atoms with Crippen LogP contribution >= 0.6 is 15.9 Å². The third kappa shape index (κ3) is 3.78. The topological polar surface area (TPSA) is 58.2 Å². The van der Waals surface area contributed by atoms with Crippen molar-refractivity contribution < 1.29 is 8.42 Å². The SMILES string of the molecule is CNCc1ccc(S(=O)(=O)NC(C)C2CC2)c(Br)c1. The first-order valence-corrected chi connectivity index (χ1v) is 8.67. The van der Waals surface area contributed by atoms with Crippen molar-refractivity contribution in [2.75, 3.05) is 7.05 Å². The summed E-state index contributed by atoms with van der Waals surface area (Å²) in [7, 11) is -1.59. The molecule has 2 N–H and O–H groups in total. The van der Waals surface area contributed by atoms with Gasteiger partial charge in [-0.1, -0.05) is 6.07 Å². The monoisotopic (exact) mass is 346 g/mol. The fourth-order valence-electron chi connectivity index (χ4n) is 2.08. The number of benzene rings is 1. The summed E-state index contributed by atoms with van der Waals surface area (Å²) in [6, 6.07) is 5.33. The van der Waals surface area contributed by atoms with Gasteiger partial charge in [0.25, 0.3) is 0 Å². The van der Waals surface area contributed by atoms with Gasteiger partial charge in [-0.2, -0.15) is 0 Å². The van der Waals surface area contributed by atoms with E-state index < -0.39 is 10.0 Å². The van der Waals surface area contributed by atoms with Crippen LogP contribution in [0, 0.1) is 5.92 Å². The van der Waals surface area contributed by atoms with Crippen molar-refractivity contribution in [1.82, 2.24) is 10.0 Å². The highest BCUT2D eigenvalue weighted by molar-refractivity contribution is 9.10. The van der Waals surface area contributed by atoms with Crippen molar-refractivity contribution in [2.45, 2.75) is 37.2 Å². The Labute approximate surface area is 123 Å². The van der Waals surface area contributed by atoms with Crippen molar-refractivity contribution in [3.8, 4) is 0 Å². The molecular weight excluding hydrogens is 328 g/mol. The number of nitrogens with one attached hydrogen (secondary N) is 2. The predicted octanol–water partition coefficient (Wildman–Crippen LogP) is 2.25. The smallest absolute Gasteiger partial charge is 0.241 e. The second-order valence-corrected chi connectivity index (χ2v) is 7.58. The highest BCUT2D eigenvalue weighted by Crippen LogP contribution is 2.33. The Morgan fingerprint density at radius 3 is 2.63 bits per heavy atom. The zero-order valence-corrected chi connectivity index (χ0v) is 13.5. The molecule has 0 aromatic heterocycles. The second kappa shape index (κ2) is 5.91. The minimum absolute atomic E-state index is 0.00823. The Kier molecular flexibility index (Phi) is 4.66. The van der Waals surface area contributed by atoms with Crippen LogP contribution in [0.2, 0.25) is 0 Å². The number of halogens is 1. The Morgan fingerprint density at radius 1 is 1.42 bits per heavy atom. The molecule has 4 nitrogen and oxygen atoms in total. The van der Waals surface area contributed by atoms with Crippen LogP contribution in [-0.4, -0.2) is 21.5 Å². The summed E-state index contributed by atoms with van der Waals surface area (Å²) in [6.07, 6.45) is 2.23. The van der Waals surface area contributed by atoms with Gasteiger partial charge in [0.1, 0.15) is 0 Å². The van der Waals surface area contributed by atoms with Crippen LogP contribution in [0.4, 0.5) is 0 Å². The zero-order chi connectivity index (χ0) is 14.0. The molecule has 0 aliphatic heterocycles. The summed E-state index contributed by atoms with van der Waals surface area (Å²) in [5, 5.41) is 3.04. The number of hydrogen-bond acceptors (Lipinski definition) is 3. The van der Waals surface area contributed by atoms with Crippen molar-refractivity contribution >= 4 is 26.0 Å². The highest BCUT2D eigenvalue weighted by Gasteiger charge is 2.31. The zero-order valence-electron chi connectivity index (χ0n) is 11.1. The minimum Gasteiger partial charge on any atom is -0.316 e. The van der Waals surface area contributed by atoms with Crippen molar-refractivity contribution in [3.63, 3.8) is 0 Å². The van der Waals surface area contributed by atoms with Crippen LogP contribution in [0.5, 0.6) is 0 Å². The van der Waals surface area contributed by atoms with Crippen LogP contribution in [-0.2, 0) is 16.6 Å². The standard InChI is InChI=1S/C13H19BrN2O2S/c1-9(11-4-5-11)16-19(17,18)13-6-3-10(8-15-2)7-12(13)14/h3,6-7,9,11,15-16H,4-5,8H2,1-2H3. The van der Waals surface area contributed by atoms with Crippen molar-refractivity contribution in [2.24, 2.45) is 5.92 Å². The maximum Gasteiger partial charge on any atom is 0.241 e. The van der Waals surface area contributed by atoms with E-state index in [4.69, 9.17) is 0 Å². The first-order chi connectivity index (χ1) is 8.94. The lowest BCUT2D eigenvalue weighted by molar-refractivity contribution is 0.537. The van der Waals surface area contributed by atoms with Crippen LogP contribution in [0.25, 0.3) is 0 Å². The fourth-order valence-corrected chi connectivity index (χ4v) is 4.51.